The fourth-order valence-electron chi connectivity index (χ4n) is 1.43. The third-order valence-electron chi connectivity index (χ3n) is 2.30. The van der Waals surface area contributed by atoms with Gasteiger partial charge in [-0.3, -0.25) is 4.79 Å². The van der Waals surface area contributed by atoms with E-state index in [-0.39, 0.29) is 11.7 Å². The van der Waals surface area contributed by atoms with Gasteiger partial charge in [-0.15, -0.1) is 0 Å². The Bertz CT molecular complexity index is 603. The highest BCUT2D eigenvalue weighted by atomic mass is 127. The van der Waals surface area contributed by atoms with Gasteiger partial charge in [0, 0.05) is 8.04 Å². The van der Waals surface area contributed by atoms with Gasteiger partial charge in [-0.25, -0.2) is 4.39 Å². The fourth-order valence-corrected chi connectivity index (χ4v) is 2.51. The lowest BCUT2D eigenvalue weighted by molar-refractivity contribution is 0.102. The van der Waals surface area contributed by atoms with Gasteiger partial charge in [0.15, 0.2) is 0 Å². The molecule has 1 N–H and O–H groups in total. The molecule has 0 aliphatic heterocycles. The first-order valence-electron chi connectivity index (χ1n) is 5.09. The van der Waals surface area contributed by atoms with E-state index in [9.17, 15) is 9.18 Å². The summed E-state index contributed by atoms with van der Waals surface area (Å²) >= 11 is 5.31. The van der Waals surface area contributed by atoms with Crippen molar-refractivity contribution < 1.29 is 9.18 Å². The summed E-state index contributed by atoms with van der Waals surface area (Å²) < 4.78 is 14.3. The van der Waals surface area contributed by atoms with Crippen LogP contribution in [0.25, 0.3) is 0 Å². The number of benzene rings is 2. The lowest BCUT2D eigenvalue weighted by atomic mass is 10.2. The molecule has 2 rings (SSSR count). The molecule has 0 saturated carbocycles. The zero-order chi connectivity index (χ0) is 13.1. The Labute approximate surface area is 126 Å². The Kier molecular flexibility index (Phi) is 4.34. The van der Waals surface area contributed by atoms with E-state index >= 15 is 0 Å². The first-order valence-corrected chi connectivity index (χ1v) is 6.96. The van der Waals surface area contributed by atoms with E-state index in [1.54, 1.807) is 12.1 Å². The van der Waals surface area contributed by atoms with Crippen LogP contribution in [-0.4, -0.2) is 5.91 Å². The molecule has 2 nitrogen and oxygen atoms in total. The molecule has 0 bridgehead atoms. The van der Waals surface area contributed by atoms with Crippen molar-refractivity contribution in [1.29, 1.82) is 0 Å². The lowest BCUT2D eigenvalue weighted by Gasteiger charge is -2.08. The maximum absolute atomic E-state index is 12.9. The molecule has 0 radical (unpaired) electrons. The van der Waals surface area contributed by atoms with Crippen molar-refractivity contribution in [2.75, 3.05) is 5.32 Å². The van der Waals surface area contributed by atoms with E-state index in [1.165, 1.54) is 18.2 Å². The summed E-state index contributed by atoms with van der Waals surface area (Å²) in [6.07, 6.45) is 0. The summed E-state index contributed by atoms with van der Waals surface area (Å²) in [5.41, 5.74) is 1.13. The van der Waals surface area contributed by atoms with Gasteiger partial charge in [-0.05, 0) is 68.9 Å². The summed E-state index contributed by atoms with van der Waals surface area (Å²) in [6, 6.07) is 11.4. The zero-order valence-electron chi connectivity index (χ0n) is 9.08. The zero-order valence-corrected chi connectivity index (χ0v) is 12.8. The molecule has 2 aromatic rings. The molecule has 1 amide bonds. The Morgan fingerprint density at radius 2 is 1.94 bits per heavy atom. The molecule has 5 heteroatoms. The average molecular weight is 420 g/mol. The number of anilines is 1. The van der Waals surface area contributed by atoms with Crippen LogP contribution in [0.2, 0.25) is 0 Å². The SMILES string of the molecule is O=C(Nc1ccc(F)cc1Br)c1ccccc1I. The Morgan fingerprint density at radius 3 is 2.61 bits per heavy atom. The van der Waals surface area contributed by atoms with Gasteiger partial charge < -0.3 is 5.32 Å². The maximum Gasteiger partial charge on any atom is 0.256 e. The number of carbonyl (C=O) groups excluding carboxylic acids is 1. The van der Waals surface area contributed by atoms with Crippen LogP contribution < -0.4 is 5.32 Å². The minimum Gasteiger partial charge on any atom is -0.321 e. The van der Waals surface area contributed by atoms with Crippen molar-refractivity contribution in [2.45, 2.75) is 0 Å². The van der Waals surface area contributed by atoms with Gasteiger partial charge in [0.1, 0.15) is 5.82 Å². The number of amides is 1. The third-order valence-corrected chi connectivity index (χ3v) is 3.89. The Morgan fingerprint density at radius 1 is 1.22 bits per heavy atom. The van der Waals surface area contributed by atoms with Crippen molar-refractivity contribution in [2.24, 2.45) is 0 Å². The highest BCUT2D eigenvalue weighted by molar-refractivity contribution is 14.1. The van der Waals surface area contributed by atoms with Crippen LogP contribution in [0.4, 0.5) is 10.1 Å². The van der Waals surface area contributed by atoms with Crippen molar-refractivity contribution in [1.82, 2.24) is 0 Å². The normalized spacial score (nSPS) is 10.2. The molecule has 2 aromatic carbocycles. The third kappa shape index (κ3) is 3.08. The quantitative estimate of drug-likeness (QED) is 0.716. The highest BCUT2D eigenvalue weighted by Gasteiger charge is 2.11. The van der Waals surface area contributed by atoms with Crippen LogP contribution in [0.3, 0.4) is 0 Å². The molecule has 0 saturated heterocycles. The molecule has 0 spiro atoms. The summed E-state index contributed by atoms with van der Waals surface area (Å²) in [5.74, 6) is -0.568. The maximum atomic E-state index is 12.9. The minimum absolute atomic E-state index is 0.215. The largest absolute Gasteiger partial charge is 0.321 e. The monoisotopic (exact) mass is 419 g/mol. The predicted molar refractivity (Wildman–Crippen MR) is 81.2 cm³/mol. The first-order chi connectivity index (χ1) is 8.58. The van der Waals surface area contributed by atoms with E-state index in [1.807, 2.05) is 12.1 Å². The van der Waals surface area contributed by atoms with E-state index in [0.29, 0.717) is 15.7 Å². The van der Waals surface area contributed by atoms with E-state index in [2.05, 4.69) is 43.8 Å². The van der Waals surface area contributed by atoms with Crippen LogP contribution in [-0.2, 0) is 0 Å². The van der Waals surface area contributed by atoms with Crippen molar-refractivity contribution in [3.63, 3.8) is 0 Å². The van der Waals surface area contributed by atoms with E-state index in [0.717, 1.165) is 3.57 Å². The van der Waals surface area contributed by atoms with Crippen LogP contribution in [0.15, 0.2) is 46.9 Å². The first kappa shape index (κ1) is 13.5. The summed E-state index contributed by atoms with van der Waals surface area (Å²) in [7, 11) is 0. The standard InChI is InChI=1S/C13H8BrFINO/c14-10-7-8(15)5-6-12(10)17-13(18)9-3-1-2-4-11(9)16/h1-7H,(H,17,18). The van der Waals surface area contributed by atoms with Gasteiger partial charge in [0.25, 0.3) is 5.91 Å². The number of hydrogen-bond donors (Lipinski definition) is 1. The average Bonchev–Trinajstić information content (AvgIpc) is 2.33. The number of carbonyl (C=O) groups is 1. The molecule has 0 fully saturated rings. The topological polar surface area (TPSA) is 29.1 Å². The molecule has 18 heavy (non-hydrogen) atoms. The van der Waals surface area contributed by atoms with Crippen LogP contribution in [0.5, 0.6) is 0 Å². The van der Waals surface area contributed by atoms with E-state index in [4.69, 9.17) is 0 Å². The Hall–Kier alpha value is -0.950. The van der Waals surface area contributed by atoms with Crippen molar-refractivity contribution >= 4 is 50.1 Å². The summed E-state index contributed by atoms with van der Waals surface area (Å²) in [5, 5.41) is 2.74. The molecule has 0 aliphatic carbocycles. The van der Waals surface area contributed by atoms with Crippen LogP contribution in [0.1, 0.15) is 10.4 Å². The van der Waals surface area contributed by atoms with Gasteiger partial charge in [-0.2, -0.15) is 0 Å². The predicted octanol–water partition coefficient (Wildman–Crippen LogP) is 4.45. The number of rotatable bonds is 2. The lowest BCUT2D eigenvalue weighted by Crippen LogP contribution is -2.13. The molecular formula is C13H8BrFINO. The van der Waals surface area contributed by atoms with Crippen LogP contribution >= 0.6 is 38.5 Å². The van der Waals surface area contributed by atoms with Crippen molar-refractivity contribution in [3.8, 4) is 0 Å². The molecule has 0 aromatic heterocycles. The second-order valence-electron chi connectivity index (χ2n) is 3.56. The van der Waals surface area contributed by atoms with Gasteiger partial charge in [0.05, 0.1) is 11.3 Å². The Balaban J connectivity index is 2.24. The highest BCUT2D eigenvalue weighted by Crippen LogP contribution is 2.24. The van der Waals surface area contributed by atoms with Crippen LogP contribution in [0, 0.1) is 9.39 Å². The second kappa shape index (κ2) is 5.79. The molecular weight excluding hydrogens is 412 g/mol. The number of nitrogens with one attached hydrogen (secondary N) is 1. The fraction of sp³-hybridized carbons (Fsp3) is 0. The molecule has 0 atom stereocenters. The summed E-state index contributed by atoms with van der Waals surface area (Å²) in [6.45, 7) is 0. The molecule has 92 valence electrons. The van der Waals surface area contributed by atoms with Gasteiger partial charge >= 0.3 is 0 Å². The number of hydrogen-bond acceptors (Lipinski definition) is 1. The molecule has 0 unspecified atom stereocenters. The molecule has 0 aliphatic rings. The van der Waals surface area contributed by atoms with E-state index < -0.39 is 0 Å². The van der Waals surface area contributed by atoms with Gasteiger partial charge in [0.2, 0.25) is 0 Å². The summed E-state index contributed by atoms with van der Waals surface area (Å²) in [4.78, 5) is 12.0. The number of halogens is 3. The molecule has 0 heterocycles. The smallest absolute Gasteiger partial charge is 0.256 e. The van der Waals surface area contributed by atoms with Crippen molar-refractivity contribution in [3.05, 3.63) is 61.9 Å². The van der Waals surface area contributed by atoms with Gasteiger partial charge in [-0.1, -0.05) is 12.1 Å². The minimum atomic E-state index is -0.353. The second-order valence-corrected chi connectivity index (χ2v) is 5.57.